The van der Waals surface area contributed by atoms with Gasteiger partial charge in [0.05, 0.1) is 22.9 Å². The number of esters is 2. The topological polar surface area (TPSA) is 120 Å². The van der Waals surface area contributed by atoms with E-state index < -0.39 is 41.3 Å². The van der Waals surface area contributed by atoms with Crippen molar-refractivity contribution in [2.75, 3.05) is 13.2 Å². The Kier molecular flexibility index (Phi) is 7.46. The van der Waals surface area contributed by atoms with E-state index in [0.29, 0.717) is 0 Å². The zero-order valence-corrected chi connectivity index (χ0v) is 20.8. The van der Waals surface area contributed by atoms with Gasteiger partial charge in [0.1, 0.15) is 12.7 Å². The summed E-state index contributed by atoms with van der Waals surface area (Å²) < 4.78 is 24.4. The maximum Gasteiger partial charge on any atom is 0.347 e. The molecule has 2 unspecified atom stereocenters. The van der Waals surface area contributed by atoms with E-state index in [1.165, 1.54) is 39.2 Å². The molecule has 0 aliphatic carbocycles. The predicted molar refractivity (Wildman–Crippen MR) is 123 cm³/mol. The highest BCUT2D eigenvalue weighted by molar-refractivity contribution is 7.71. The summed E-state index contributed by atoms with van der Waals surface area (Å²) in [6.45, 7) is 5.03. The van der Waals surface area contributed by atoms with Crippen LogP contribution in [0.3, 0.4) is 0 Å². The van der Waals surface area contributed by atoms with Crippen LogP contribution in [-0.4, -0.2) is 56.8 Å². The Labute approximate surface area is 204 Å². The SMILES string of the molecule is CC(OC(=O)c1cc(-n2c(=O)n(C)c(=S)n(C)c2=O)ccc1Cl)C(=O)OCC1COC(C)(C)O1. The van der Waals surface area contributed by atoms with Gasteiger partial charge in [0.2, 0.25) is 0 Å². The van der Waals surface area contributed by atoms with Gasteiger partial charge in [-0.1, -0.05) is 11.6 Å². The molecule has 0 saturated carbocycles. The van der Waals surface area contributed by atoms with Crippen molar-refractivity contribution in [1.29, 1.82) is 0 Å². The number of halogens is 1. The van der Waals surface area contributed by atoms with Crippen LogP contribution in [0.4, 0.5) is 0 Å². The lowest BCUT2D eigenvalue weighted by atomic mass is 10.2. The Morgan fingerprint density at radius 1 is 1.24 bits per heavy atom. The van der Waals surface area contributed by atoms with Crippen molar-refractivity contribution in [3.63, 3.8) is 0 Å². The fourth-order valence-electron chi connectivity index (χ4n) is 3.21. The predicted octanol–water partition coefficient (Wildman–Crippen LogP) is 1.50. The van der Waals surface area contributed by atoms with E-state index in [9.17, 15) is 19.2 Å². The highest BCUT2D eigenvalue weighted by Gasteiger charge is 2.34. The highest BCUT2D eigenvalue weighted by atomic mass is 35.5. The third-order valence-corrected chi connectivity index (χ3v) is 5.93. The van der Waals surface area contributed by atoms with Crippen molar-refractivity contribution in [3.05, 3.63) is 54.5 Å². The molecule has 34 heavy (non-hydrogen) atoms. The minimum absolute atomic E-state index is 0.00203. The first-order valence-electron chi connectivity index (χ1n) is 10.2. The molecule has 2 atom stereocenters. The molecule has 0 radical (unpaired) electrons. The van der Waals surface area contributed by atoms with Crippen LogP contribution in [-0.2, 0) is 37.8 Å². The van der Waals surface area contributed by atoms with Crippen LogP contribution in [0.15, 0.2) is 27.8 Å². The Morgan fingerprint density at radius 3 is 2.41 bits per heavy atom. The average molecular weight is 514 g/mol. The molecule has 0 amide bonds. The van der Waals surface area contributed by atoms with Crippen LogP contribution < -0.4 is 11.4 Å². The summed E-state index contributed by atoms with van der Waals surface area (Å²) >= 11 is 11.2. The molecule has 1 aliphatic heterocycles. The lowest BCUT2D eigenvalue weighted by Gasteiger charge is -2.18. The molecular formula is C21H24ClN3O8S. The summed E-state index contributed by atoms with van der Waals surface area (Å²) in [7, 11) is 2.84. The third kappa shape index (κ3) is 5.30. The van der Waals surface area contributed by atoms with Gasteiger partial charge < -0.3 is 18.9 Å². The molecule has 2 heterocycles. The molecule has 1 aliphatic rings. The summed E-state index contributed by atoms with van der Waals surface area (Å²) in [5, 5.41) is 0.00203. The number of nitrogens with zero attached hydrogens (tertiary/aromatic N) is 3. The van der Waals surface area contributed by atoms with Crippen molar-refractivity contribution >= 4 is 35.8 Å². The maximum atomic E-state index is 12.7. The number of rotatable bonds is 6. The second-order valence-corrected chi connectivity index (χ2v) is 8.87. The van der Waals surface area contributed by atoms with Gasteiger partial charge in [0.15, 0.2) is 16.7 Å². The van der Waals surface area contributed by atoms with Gasteiger partial charge in [-0.3, -0.25) is 9.13 Å². The Balaban J connectivity index is 1.77. The number of aromatic nitrogens is 3. The minimum Gasteiger partial charge on any atom is -0.460 e. The van der Waals surface area contributed by atoms with Crippen LogP contribution in [0.25, 0.3) is 5.69 Å². The monoisotopic (exact) mass is 513 g/mol. The van der Waals surface area contributed by atoms with E-state index in [0.717, 1.165) is 13.7 Å². The zero-order chi connectivity index (χ0) is 25.4. The first-order chi connectivity index (χ1) is 15.8. The first kappa shape index (κ1) is 25.8. The summed E-state index contributed by atoms with van der Waals surface area (Å²) in [5.74, 6) is -2.48. The van der Waals surface area contributed by atoms with Gasteiger partial charge in [-0.05, 0) is 51.2 Å². The molecular weight excluding hydrogens is 490 g/mol. The van der Waals surface area contributed by atoms with Gasteiger partial charge >= 0.3 is 23.3 Å². The number of carbonyl (C=O) groups excluding carboxylic acids is 2. The fourth-order valence-corrected chi connectivity index (χ4v) is 3.56. The molecule has 0 spiro atoms. The summed E-state index contributed by atoms with van der Waals surface area (Å²) in [6, 6.07) is 3.96. The lowest BCUT2D eigenvalue weighted by Crippen LogP contribution is -2.43. The largest absolute Gasteiger partial charge is 0.460 e. The number of carbonyl (C=O) groups is 2. The van der Waals surface area contributed by atoms with Gasteiger partial charge in [0.25, 0.3) is 0 Å². The van der Waals surface area contributed by atoms with Crippen molar-refractivity contribution in [2.24, 2.45) is 14.1 Å². The minimum atomic E-state index is -1.25. The number of benzene rings is 1. The molecule has 184 valence electrons. The summed E-state index contributed by atoms with van der Waals surface area (Å²) in [4.78, 5) is 50.2. The normalized spacial score (nSPS) is 17.9. The smallest absolute Gasteiger partial charge is 0.347 e. The van der Waals surface area contributed by atoms with Crippen molar-refractivity contribution in [3.8, 4) is 5.69 Å². The van der Waals surface area contributed by atoms with Gasteiger partial charge in [-0.25, -0.2) is 23.7 Å². The molecule has 13 heteroatoms. The molecule has 1 saturated heterocycles. The van der Waals surface area contributed by atoms with Gasteiger partial charge in [0, 0.05) is 14.1 Å². The van der Waals surface area contributed by atoms with Crippen LogP contribution >= 0.6 is 23.8 Å². The second-order valence-electron chi connectivity index (χ2n) is 8.09. The van der Waals surface area contributed by atoms with Crippen molar-refractivity contribution < 1.29 is 28.5 Å². The van der Waals surface area contributed by atoms with Crippen molar-refractivity contribution in [1.82, 2.24) is 13.7 Å². The van der Waals surface area contributed by atoms with Crippen LogP contribution in [0.1, 0.15) is 31.1 Å². The maximum absolute atomic E-state index is 12.7. The molecule has 11 nitrogen and oxygen atoms in total. The molecule has 3 rings (SSSR count). The third-order valence-electron chi connectivity index (χ3n) is 5.05. The number of hydrogen-bond donors (Lipinski definition) is 0. The van der Waals surface area contributed by atoms with E-state index in [2.05, 4.69) is 0 Å². The highest BCUT2D eigenvalue weighted by Crippen LogP contribution is 2.23. The fraction of sp³-hybridized carbons (Fsp3) is 0.476. The Bertz CT molecular complexity index is 1270. The van der Waals surface area contributed by atoms with Gasteiger partial charge in [-0.2, -0.15) is 0 Å². The molecule has 1 fully saturated rings. The van der Waals surface area contributed by atoms with E-state index >= 15 is 0 Å². The number of ether oxygens (including phenoxy) is 4. The number of hydrogen-bond acceptors (Lipinski definition) is 9. The lowest BCUT2D eigenvalue weighted by molar-refractivity contribution is -0.164. The van der Waals surface area contributed by atoms with E-state index in [1.54, 1.807) is 13.8 Å². The standard InChI is InChI=1S/C21H24ClN3O8S/c1-11(16(26)30-9-13-10-31-21(2,3)33-13)32-17(27)14-8-12(6-7-15(14)22)25-18(28)23(4)20(34)24(5)19(25)29/h6-8,11,13H,9-10H2,1-5H3. The summed E-state index contributed by atoms with van der Waals surface area (Å²) in [6.07, 6.45) is -1.69. The van der Waals surface area contributed by atoms with Crippen LogP contribution in [0.5, 0.6) is 0 Å². The molecule has 0 bridgehead atoms. The second kappa shape index (κ2) is 9.82. The Morgan fingerprint density at radius 2 is 1.85 bits per heavy atom. The molecule has 1 aromatic heterocycles. The van der Waals surface area contributed by atoms with E-state index in [-0.39, 0.29) is 34.3 Å². The molecule has 2 aromatic rings. The van der Waals surface area contributed by atoms with E-state index in [4.69, 9.17) is 42.8 Å². The molecule has 1 aromatic carbocycles. The average Bonchev–Trinajstić information content (AvgIpc) is 3.14. The van der Waals surface area contributed by atoms with E-state index in [1.807, 2.05) is 0 Å². The van der Waals surface area contributed by atoms with Gasteiger partial charge in [-0.15, -0.1) is 0 Å². The summed E-state index contributed by atoms with van der Waals surface area (Å²) in [5.41, 5.74) is -1.48. The van der Waals surface area contributed by atoms with Crippen LogP contribution in [0, 0.1) is 4.77 Å². The quantitative estimate of drug-likeness (QED) is 0.418. The molecule has 0 N–H and O–H groups in total. The zero-order valence-electron chi connectivity index (χ0n) is 19.2. The first-order valence-corrected chi connectivity index (χ1v) is 11.0. The van der Waals surface area contributed by atoms with Crippen LogP contribution in [0.2, 0.25) is 5.02 Å². The van der Waals surface area contributed by atoms with Crippen molar-refractivity contribution in [2.45, 2.75) is 38.8 Å². The Hall–Kier alpha value is -2.80.